The summed E-state index contributed by atoms with van der Waals surface area (Å²) in [6, 6.07) is 28.3. The Morgan fingerprint density at radius 2 is 1.00 bits per heavy atom. The summed E-state index contributed by atoms with van der Waals surface area (Å²) in [4.78, 5) is 10.1. The van der Waals surface area contributed by atoms with Crippen LogP contribution in [0.25, 0.3) is 21.5 Å². The summed E-state index contributed by atoms with van der Waals surface area (Å²) < 4.78 is 58.6. The van der Waals surface area contributed by atoms with E-state index in [-0.39, 0.29) is 98.4 Å². The summed E-state index contributed by atoms with van der Waals surface area (Å²) in [6.45, 7) is 0.304. The number of nitrogens with one attached hydrogen (secondary N) is 2. The van der Waals surface area contributed by atoms with E-state index in [4.69, 9.17) is 4.74 Å². The van der Waals surface area contributed by atoms with Crippen molar-refractivity contribution in [3.8, 4) is 23.0 Å². The predicted molar refractivity (Wildman–Crippen MR) is 209 cm³/mol. The molecular weight excluding hydrogens is 824 g/mol. The topological polar surface area (TPSA) is 249 Å². The molecular formula is C38H36CoN6O10S2. The van der Waals surface area contributed by atoms with Crippen LogP contribution in [0.1, 0.15) is 6.42 Å². The zero-order valence-electron chi connectivity index (χ0n) is 30.0. The third-order valence-electron chi connectivity index (χ3n) is 7.94. The minimum absolute atomic E-state index is 0. The zero-order valence-corrected chi connectivity index (χ0v) is 32.6. The number of aldehydes is 1. The molecule has 0 aliphatic heterocycles. The molecule has 6 aromatic rings. The number of hydrogen-bond acceptors (Lipinski definition) is 14. The number of aromatic hydroxyl groups is 4. The van der Waals surface area contributed by atoms with Crippen molar-refractivity contribution < 1.29 is 63.6 Å². The van der Waals surface area contributed by atoms with Crippen molar-refractivity contribution in [3.63, 3.8) is 0 Å². The third-order valence-corrected chi connectivity index (χ3v) is 10.9. The summed E-state index contributed by atoms with van der Waals surface area (Å²) in [7, 11) is -6.19. The molecule has 0 aromatic heterocycles. The van der Waals surface area contributed by atoms with E-state index >= 15 is 0 Å². The van der Waals surface area contributed by atoms with Gasteiger partial charge in [0.25, 0.3) is 0 Å². The minimum Gasteiger partial charge on any atom is -0.506 e. The van der Waals surface area contributed by atoms with Crippen LogP contribution in [-0.2, 0) is 46.4 Å². The molecule has 299 valence electrons. The van der Waals surface area contributed by atoms with Crippen molar-refractivity contribution in [1.82, 2.24) is 9.44 Å². The molecule has 0 aliphatic rings. The second-order valence-corrected chi connectivity index (χ2v) is 15.3. The molecule has 0 heterocycles. The van der Waals surface area contributed by atoms with Gasteiger partial charge in [0, 0.05) is 54.2 Å². The van der Waals surface area contributed by atoms with Gasteiger partial charge >= 0.3 is 0 Å². The van der Waals surface area contributed by atoms with E-state index in [0.29, 0.717) is 17.1 Å². The number of rotatable bonds is 14. The second kappa shape index (κ2) is 19.9. The number of phenols is 4. The van der Waals surface area contributed by atoms with Gasteiger partial charge in [0.1, 0.15) is 52.0 Å². The molecule has 16 nitrogen and oxygen atoms in total. The number of ether oxygens (including phenoxy) is 1. The van der Waals surface area contributed by atoms with Crippen LogP contribution in [0, 0.1) is 0 Å². The van der Waals surface area contributed by atoms with Crippen molar-refractivity contribution in [1.29, 1.82) is 0 Å². The number of phenolic OH excluding ortho intramolecular Hbond substituents is 4. The molecule has 57 heavy (non-hydrogen) atoms. The van der Waals surface area contributed by atoms with Gasteiger partial charge in [0.2, 0.25) is 20.0 Å². The maximum atomic E-state index is 12.3. The van der Waals surface area contributed by atoms with Gasteiger partial charge in [0.15, 0.2) is 0 Å². The van der Waals surface area contributed by atoms with Crippen LogP contribution in [0.2, 0.25) is 0 Å². The Labute approximate surface area is 337 Å². The van der Waals surface area contributed by atoms with E-state index < -0.39 is 20.0 Å². The average Bonchev–Trinajstić information content (AvgIpc) is 3.18. The van der Waals surface area contributed by atoms with Crippen molar-refractivity contribution in [2.75, 3.05) is 26.8 Å². The Balaban J connectivity index is 0.000000248. The molecule has 0 fully saturated rings. The molecule has 0 atom stereocenters. The Bertz CT molecular complexity index is 2660. The van der Waals surface area contributed by atoms with Gasteiger partial charge in [-0.25, -0.2) is 26.3 Å². The van der Waals surface area contributed by atoms with Crippen LogP contribution in [0.15, 0.2) is 139 Å². The fourth-order valence-corrected chi connectivity index (χ4v) is 7.20. The molecule has 6 N–H and O–H groups in total. The average molecular weight is 860 g/mol. The van der Waals surface area contributed by atoms with Crippen LogP contribution in [0.3, 0.4) is 0 Å². The first-order valence-electron chi connectivity index (χ1n) is 16.7. The number of azo groups is 2. The molecule has 0 bridgehead atoms. The van der Waals surface area contributed by atoms with Gasteiger partial charge in [-0.15, -0.1) is 20.5 Å². The number of hydrogen-bond donors (Lipinski definition) is 6. The van der Waals surface area contributed by atoms with E-state index in [1.54, 1.807) is 36.4 Å². The zero-order chi connectivity index (χ0) is 40.3. The van der Waals surface area contributed by atoms with Crippen molar-refractivity contribution in [2.24, 2.45) is 20.5 Å². The van der Waals surface area contributed by atoms with E-state index in [0.717, 1.165) is 16.8 Å². The van der Waals surface area contributed by atoms with Gasteiger partial charge in [-0.2, -0.15) is 0 Å². The van der Waals surface area contributed by atoms with Crippen LogP contribution in [0.5, 0.6) is 23.0 Å². The summed E-state index contributed by atoms with van der Waals surface area (Å²) in [5.74, 6) is -0.678. The number of benzene rings is 6. The van der Waals surface area contributed by atoms with Gasteiger partial charge in [0.05, 0.1) is 16.4 Å². The summed E-state index contributed by atoms with van der Waals surface area (Å²) in [5.41, 5.74) is 0.311. The number of sulfonamides is 2. The number of carbonyl (C=O) groups is 1. The fourth-order valence-electron chi connectivity index (χ4n) is 5.10. The van der Waals surface area contributed by atoms with Crippen molar-refractivity contribution >= 4 is 70.6 Å². The SMILES string of the molecule is COCCNS(=O)(=O)c1ccc(O)c(N=Nc2c(O)ccc3ccccc23)c1.O=CCCNS(=O)(=O)c1ccc(O)c(N=Nc2c(O)ccc3ccccc23)c1.[Co]. The van der Waals surface area contributed by atoms with E-state index in [1.165, 1.54) is 49.6 Å². The maximum absolute atomic E-state index is 12.3. The first kappa shape index (κ1) is 43.9. The Morgan fingerprint density at radius 1 is 0.579 bits per heavy atom. The largest absolute Gasteiger partial charge is 0.506 e. The number of nitrogens with zero attached hydrogens (tertiary/aromatic N) is 4. The molecule has 6 rings (SSSR count). The number of carbonyl (C=O) groups excluding carboxylic acids is 1. The van der Waals surface area contributed by atoms with E-state index in [1.807, 2.05) is 24.3 Å². The van der Waals surface area contributed by atoms with Crippen molar-refractivity contribution in [3.05, 3.63) is 109 Å². The standard InChI is InChI=1S/C19H19N3O5S.C19H17N3O5S.Co/c1-27-11-10-20-28(25,26)14-7-9-17(23)16(12-14)21-22-19-15-5-3-2-4-13(15)6-8-18(19)24;23-11-3-10-20-28(26,27)14-7-9-17(24)16(12-14)21-22-19-15-5-2-1-4-13(15)6-8-18(19)25;/h2-9,12,20,23-24H,10-11H2,1H3;1-2,4-9,11-12,20,24-25H,3,10H2;. The maximum Gasteiger partial charge on any atom is 0.240 e. The van der Waals surface area contributed by atoms with Gasteiger partial charge < -0.3 is 30.0 Å². The van der Waals surface area contributed by atoms with Gasteiger partial charge in [-0.1, -0.05) is 60.7 Å². The third kappa shape index (κ3) is 11.2. The first-order valence-corrected chi connectivity index (χ1v) is 19.6. The molecule has 0 saturated carbocycles. The minimum atomic E-state index is -3.87. The predicted octanol–water partition coefficient (Wildman–Crippen LogP) is 7.12. The van der Waals surface area contributed by atoms with E-state index in [9.17, 15) is 42.1 Å². The van der Waals surface area contributed by atoms with E-state index in [2.05, 4.69) is 29.9 Å². The Hall–Kier alpha value is -5.80. The molecule has 19 heteroatoms. The fraction of sp³-hybridized carbons (Fsp3) is 0.132. The van der Waals surface area contributed by atoms with Crippen LogP contribution >= 0.6 is 0 Å². The van der Waals surface area contributed by atoms with Crippen LogP contribution < -0.4 is 9.44 Å². The normalized spacial score (nSPS) is 11.7. The molecule has 0 amide bonds. The summed E-state index contributed by atoms with van der Waals surface area (Å²) in [6.07, 6.45) is 0.653. The quantitative estimate of drug-likeness (QED) is 0.0367. The summed E-state index contributed by atoms with van der Waals surface area (Å²) >= 11 is 0. The van der Waals surface area contributed by atoms with Crippen molar-refractivity contribution in [2.45, 2.75) is 16.2 Å². The monoisotopic (exact) mass is 859 g/mol. The molecule has 6 aromatic carbocycles. The van der Waals surface area contributed by atoms with Gasteiger partial charge in [-0.3, -0.25) is 0 Å². The molecule has 1 radical (unpaired) electrons. The first-order chi connectivity index (χ1) is 26.8. The second-order valence-electron chi connectivity index (χ2n) is 11.8. The van der Waals surface area contributed by atoms with Gasteiger partial charge in [-0.05, 0) is 59.3 Å². The van der Waals surface area contributed by atoms with Crippen LogP contribution in [-0.4, -0.2) is 70.4 Å². The summed E-state index contributed by atoms with van der Waals surface area (Å²) in [5, 5.41) is 59.2. The molecule has 0 unspecified atom stereocenters. The number of fused-ring (bicyclic) bond motifs is 2. The Morgan fingerprint density at radius 3 is 1.44 bits per heavy atom. The molecule has 0 spiro atoms. The number of methoxy groups -OCH3 is 1. The Kier molecular flexibility index (Phi) is 15.3. The smallest absolute Gasteiger partial charge is 0.240 e. The molecule has 0 aliphatic carbocycles. The van der Waals surface area contributed by atoms with Crippen LogP contribution in [0.4, 0.5) is 22.7 Å². The molecule has 0 saturated heterocycles.